The predicted molar refractivity (Wildman–Crippen MR) is 191 cm³/mol. The summed E-state index contributed by atoms with van der Waals surface area (Å²) in [7, 11) is 0. The van der Waals surface area contributed by atoms with E-state index < -0.39 is 79.4 Å². The Balaban J connectivity index is 0.826. The lowest BCUT2D eigenvalue weighted by molar-refractivity contribution is -0.336. The van der Waals surface area contributed by atoms with Gasteiger partial charge in [-0.25, -0.2) is 4.79 Å². The topological polar surface area (TPSA) is 183 Å². The van der Waals surface area contributed by atoms with E-state index in [0.29, 0.717) is 18.4 Å². The van der Waals surface area contributed by atoms with Gasteiger partial charge in [0.05, 0.1) is 48.3 Å². The highest BCUT2D eigenvalue weighted by molar-refractivity contribution is 5.85. The van der Waals surface area contributed by atoms with E-state index in [0.717, 1.165) is 63.4 Å². The second-order valence-corrected chi connectivity index (χ2v) is 18.7. The molecule has 8 rings (SSSR count). The Morgan fingerprint density at radius 2 is 1.30 bits per heavy atom. The van der Waals surface area contributed by atoms with E-state index in [-0.39, 0.29) is 54.0 Å². The average molecular weight is 765 g/mol. The Hall–Kier alpha value is -1.23. The van der Waals surface area contributed by atoms with Gasteiger partial charge in [-0.1, -0.05) is 13.8 Å². The van der Waals surface area contributed by atoms with Crippen LogP contribution >= 0.6 is 0 Å². The molecule has 5 N–H and O–H groups in total. The molecule has 0 aromatic rings. The van der Waals surface area contributed by atoms with Gasteiger partial charge in [0.25, 0.3) is 0 Å². The van der Waals surface area contributed by atoms with E-state index in [1.807, 2.05) is 6.92 Å². The van der Waals surface area contributed by atoms with Crippen molar-refractivity contribution in [2.75, 3.05) is 6.61 Å². The smallest absolute Gasteiger partial charge is 0.331 e. The van der Waals surface area contributed by atoms with Gasteiger partial charge in [0.15, 0.2) is 18.9 Å². The summed E-state index contributed by atoms with van der Waals surface area (Å²) in [5.41, 5.74) is 0.215. The van der Waals surface area contributed by atoms with Gasteiger partial charge in [0, 0.05) is 30.8 Å². The van der Waals surface area contributed by atoms with Crippen LogP contribution in [0.4, 0.5) is 0 Å². The molecule has 3 saturated heterocycles. The van der Waals surface area contributed by atoms with Crippen molar-refractivity contribution in [1.82, 2.24) is 0 Å². The molecule has 54 heavy (non-hydrogen) atoms. The van der Waals surface area contributed by atoms with Crippen LogP contribution in [-0.2, 0) is 38.0 Å². The van der Waals surface area contributed by atoms with E-state index in [9.17, 15) is 30.3 Å². The Bertz CT molecular complexity index is 1370. The first kappa shape index (κ1) is 39.6. The first-order valence-corrected chi connectivity index (χ1v) is 20.8. The van der Waals surface area contributed by atoms with Gasteiger partial charge in [0.1, 0.15) is 24.9 Å². The maximum absolute atomic E-state index is 12.6. The molecule has 13 nitrogen and oxygen atoms in total. The molecule has 13 heteroatoms. The maximum Gasteiger partial charge on any atom is 0.331 e. The molecule has 0 bridgehead atoms. The van der Waals surface area contributed by atoms with Crippen molar-refractivity contribution in [2.45, 2.75) is 197 Å². The molecule has 4 heterocycles. The number of ether oxygens (including phenoxy) is 7. The minimum atomic E-state index is -0.996. The van der Waals surface area contributed by atoms with E-state index >= 15 is 0 Å². The fourth-order valence-electron chi connectivity index (χ4n) is 12.8. The molecule has 0 radical (unpaired) electrons. The number of rotatable bonds is 7. The Morgan fingerprint density at radius 1 is 0.685 bits per heavy atom. The van der Waals surface area contributed by atoms with Crippen LogP contribution in [0.25, 0.3) is 0 Å². The number of aliphatic hydroxyl groups excluding tert-OH is 4. The lowest BCUT2D eigenvalue weighted by Gasteiger charge is -2.64. The molecule has 7 fully saturated rings. The summed E-state index contributed by atoms with van der Waals surface area (Å²) in [5, 5.41) is 55.0. The Kier molecular flexibility index (Phi) is 10.9. The number of fused-ring (bicyclic) bond motifs is 5. The van der Waals surface area contributed by atoms with Gasteiger partial charge in [0.2, 0.25) is 0 Å². The molecule has 306 valence electrons. The fraction of sp³-hybridized carbons (Fsp3) is 0.927. The predicted octanol–water partition coefficient (Wildman–Crippen LogP) is 3.25. The number of esters is 1. The molecule has 0 spiro atoms. The highest BCUT2D eigenvalue weighted by Crippen LogP contribution is 2.70. The molecule has 0 amide bonds. The standard InChI is InChI=1S/C41H64O13/c1-20-36(46)29(42)16-34(49-20)53-38-22(3)51-35(18-31(38)44)54-37-21(2)50-33(17-30(37)43)52-25-8-11-39(4)24(15-25)6-7-28-27(39)9-12-40(5)26(10-13-41(28,40)47)23-14-32(45)48-19-23/h14,20-22,24-31,33-38,42-44,46-47H,6-13,15-19H2,1-5H3/t20-,21-,22-,24+,25+,26+,27-,28+,29+,30-,31-,33-,34+,35-,36-,37+,38+,39+,40-,41+/m1/s1. The van der Waals surface area contributed by atoms with Crippen molar-refractivity contribution in [3.8, 4) is 0 Å². The maximum atomic E-state index is 12.6. The summed E-state index contributed by atoms with van der Waals surface area (Å²) in [6, 6.07) is 0. The zero-order chi connectivity index (χ0) is 38.3. The SMILES string of the molecule is C[C@H]1O[C@@H](O[C@@H]2[C@H](O)C[C@@H](O[C@@H]3[C@H](O)C[C@@H](O[C@H]4CC[C@@]5(C)[C@@H](CC[C@H]6[C@H]5CC[C@]5(C)[C@H](C7=CC(=O)OC7)CC[C@]65O)C4)O[C@@H]3C)O[C@@H]2C)C[C@H](O)[C@@H]1O. The van der Waals surface area contributed by atoms with E-state index in [1.165, 1.54) is 0 Å². The highest BCUT2D eigenvalue weighted by atomic mass is 16.7. The normalized spacial score (nSPS) is 55.0. The number of carbonyl (C=O) groups excluding carboxylic acids is 1. The molecular formula is C41H64O13. The third-order valence-electron chi connectivity index (χ3n) is 15.9. The van der Waals surface area contributed by atoms with E-state index in [4.69, 9.17) is 33.2 Å². The van der Waals surface area contributed by atoms with Gasteiger partial charge in [-0.3, -0.25) is 0 Å². The van der Waals surface area contributed by atoms with E-state index in [2.05, 4.69) is 13.8 Å². The quantitative estimate of drug-likeness (QED) is 0.188. The zero-order valence-corrected chi connectivity index (χ0v) is 32.6. The van der Waals surface area contributed by atoms with Gasteiger partial charge < -0.3 is 58.7 Å². The van der Waals surface area contributed by atoms with Crippen LogP contribution in [0.2, 0.25) is 0 Å². The number of hydrogen-bond acceptors (Lipinski definition) is 13. The minimum Gasteiger partial charge on any atom is -0.458 e. The van der Waals surface area contributed by atoms with Crippen LogP contribution in [-0.4, -0.2) is 124 Å². The summed E-state index contributed by atoms with van der Waals surface area (Å²) in [6.07, 6.45) is 1.90. The lowest BCUT2D eigenvalue weighted by atomic mass is 9.43. The van der Waals surface area contributed by atoms with Crippen molar-refractivity contribution in [2.24, 2.45) is 34.5 Å². The van der Waals surface area contributed by atoms with Crippen LogP contribution in [0.1, 0.15) is 112 Å². The highest BCUT2D eigenvalue weighted by Gasteiger charge is 2.68. The molecule has 0 unspecified atom stereocenters. The number of aliphatic hydroxyl groups is 5. The molecule has 8 aliphatic rings. The van der Waals surface area contributed by atoms with Crippen LogP contribution < -0.4 is 0 Å². The lowest BCUT2D eigenvalue weighted by Crippen LogP contribution is -2.62. The molecule has 20 atom stereocenters. The summed E-state index contributed by atoms with van der Waals surface area (Å²) in [6.45, 7) is 10.4. The van der Waals surface area contributed by atoms with Crippen molar-refractivity contribution >= 4 is 5.97 Å². The number of carbonyl (C=O) groups is 1. The molecular weight excluding hydrogens is 700 g/mol. The van der Waals surface area contributed by atoms with Gasteiger partial charge >= 0.3 is 5.97 Å². The average Bonchev–Trinajstić information content (AvgIpc) is 3.66. The van der Waals surface area contributed by atoms with Crippen LogP contribution in [0, 0.1) is 34.5 Å². The molecule has 4 aliphatic heterocycles. The first-order chi connectivity index (χ1) is 25.6. The van der Waals surface area contributed by atoms with Gasteiger partial charge in [-0.15, -0.1) is 0 Å². The fourth-order valence-corrected chi connectivity index (χ4v) is 12.8. The van der Waals surface area contributed by atoms with E-state index in [1.54, 1.807) is 19.9 Å². The third kappa shape index (κ3) is 6.82. The Morgan fingerprint density at radius 3 is 1.89 bits per heavy atom. The minimum absolute atomic E-state index is 0.0243. The van der Waals surface area contributed by atoms with Crippen LogP contribution in [0.15, 0.2) is 11.6 Å². The van der Waals surface area contributed by atoms with Crippen LogP contribution in [0.3, 0.4) is 0 Å². The van der Waals surface area contributed by atoms with Gasteiger partial charge in [-0.05, 0) is 113 Å². The van der Waals surface area contributed by atoms with Crippen LogP contribution in [0.5, 0.6) is 0 Å². The monoisotopic (exact) mass is 764 g/mol. The number of hydrogen-bond donors (Lipinski definition) is 5. The summed E-state index contributed by atoms with van der Waals surface area (Å²) < 4.78 is 42.2. The van der Waals surface area contributed by atoms with Crippen molar-refractivity contribution < 1.29 is 63.5 Å². The first-order valence-electron chi connectivity index (χ1n) is 20.8. The second-order valence-electron chi connectivity index (χ2n) is 18.7. The van der Waals surface area contributed by atoms with Gasteiger partial charge in [-0.2, -0.15) is 0 Å². The molecule has 4 saturated carbocycles. The largest absolute Gasteiger partial charge is 0.458 e. The van der Waals surface area contributed by atoms with Crippen molar-refractivity contribution in [3.63, 3.8) is 0 Å². The molecule has 4 aliphatic carbocycles. The molecule has 0 aromatic carbocycles. The molecule has 0 aromatic heterocycles. The van der Waals surface area contributed by atoms with Crippen molar-refractivity contribution in [3.05, 3.63) is 11.6 Å². The zero-order valence-electron chi connectivity index (χ0n) is 32.6. The Labute approximate surface area is 319 Å². The summed E-state index contributed by atoms with van der Waals surface area (Å²) in [5.74, 6) is 1.13. The third-order valence-corrected chi connectivity index (χ3v) is 15.9. The summed E-state index contributed by atoms with van der Waals surface area (Å²) >= 11 is 0. The number of cyclic esters (lactones) is 1. The van der Waals surface area contributed by atoms with Crippen molar-refractivity contribution in [1.29, 1.82) is 0 Å². The second kappa shape index (κ2) is 14.9. The summed E-state index contributed by atoms with van der Waals surface area (Å²) in [4.78, 5) is 11.9.